The van der Waals surface area contributed by atoms with Crippen molar-refractivity contribution in [1.82, 2.24) is 5.32 Å². The SMILES string of the molecule is COc1cccc(CC(=O)NC2(C#N)CCCCCC2)c1. The van der Waals surface area contributed by atoms with E-state index in [1.165, 1.54) is 0 Å². The Hall–Kier alpha value is -2.02. The monoisotopic (exact) mass is 286 g/mol. The van der Waals surface area contributed by atoms with Crippen LogP contribution in [0.15, 0.2) is 24.3 Å². The molecule has 0 aliphatic heterocycles. The maximum atomic E-state index is 12.3. The van der Waals surface area contributed by atoms with E-state index in [0.29, 0.717) is 0 Å². The molecule has 1 amide bonds. The van der Waals surface area contributed by atoms with E-state index in [-0.39, 0.29) is 12.3 Å². The summed E-state index contributed by atoms with van der Waals surface area (Å²) in [6.45, 7) is 0. The summed E-state index contributed by atoms with van der Waals surface area (Å²) in [6.07, 6.45) is 6.10. The largest absolute Gasteiger partial charge is 0.497 e. The number of ether oxygens (including phenoxy) is 1. The fourth-order valence-corrected chi connectivity index (χ4v) is 2.88. The van der Waals surface area contributed by atoms with Crippen molar-refractivity contribution in [2.24, 2.45) is 0 Å². The predicted octanol–water partition coefficient (Wildman–Crippen LogP) is 2.97. The van der Waals surface area contributed by atoms with Crippen LogP contribution in [-0.4, -0.2) is 18.6 Å². The van der Waals surface area contributed by atoms with Crippen LogP contribution in [0.2, 0.25) is 0 Å². The molecule has 1 aliphatic rings. The first kappa shape index (κ1) is 15.4. The van der Waals surface area contributed by atoms with E-state index in [1.807, 2.05) is 24.3 Å². The maximum Gasteiger partial charge on any atom is 0.225 e. The fourth-order valence-electron chi connectivity index (χ4n) is 2.88. The number of nitriles is 1. The zero-order valence-electron chi connectivity index (χ0n) is 12.5. The lowest BCUT2D eigenvalue weighted by Gasteiger charge is -2.26. The highest BCUT2D eigenvalue weighted by Gasteiger charge is 2.32. The van der Waals surface area contributed by atoms with E-state index in [0.717, 1.165) is 49.8 Å². The summed E-state index contributed by atoms with van der Waals surface area (Å²) in [4.78, 5) is 12.3. The summed E-state index contributed by atoms with van der Waals surface area (Å²) in [5, 5.41) is 12.4. The molecule has 4 heteroatoms. The first-order valence-electron chi connectivity index (χ1n) is 7.53. The quantitative estimate of drug-likeness (QED) is 0.866. The maximum absolute atomic E-state index is 12.3. The number of rotatable bonds is 4. The number of nitrogens with one attached hydrogen (secondary N) is 1. The summed E-state index contributed by atoms with van der Waals surface area (Å²) in [6, 6.07) is 9.81. The molecule has 1 N–H and O–H groups in total. The molecule has 1 aromatic carbocycles. The van der Waals surface area contributed by atoms with Crippen molar-refractivity contribution in [1.29, 1.82) is 5.26 Å². The lowest BCUT2D eigenvalue weighted by Crippen LogP contribution is -2.47. The molecule has 1 saturated carbocycles. The summed E-state index contributed by atoms with van der Waals surface area (Å²) >= 11 is 0. The average Bonchev–Trinajstić information content (AvgIpc) is 2.73. The van der Waals surface area contributed by atoms with Gasteiger partial charge in [-0.3, -0.25) is 4.79 Å². The molecule has 1 aromatic rings. The number of hydrogen-bond donors (Lipinski definition) is 1. The molecular formula is C17H22N2O2. The van der Waals surface area contributed by atoms with E-state index in [2.05, 4.69) is 11.4 Å². The molecule has 2 rings (SSSR count). The minimum Gasteiger partial charge on any atom is -0.497 e. The van der Waals surface area contributed by atoms with Gasteiger partial charge in [0.2, 0.25) is 5.91 Å². The standard InChI is InChI=1S/C17H22N2O2/c1-21-15-8-6-7-14(11-15)12-16(20)19-17(13-18)9-4-2-3-5-10-17/h6-8,11H,2-5,9-10,12H2,1H3,(H,19,20). The van der Waals surface area contributed by atoms with Gasteiger partial charge in [0.05, 0.1) is 19.6 Å². The summed E-state index contributed by atoms with van der Waals surface area (Å²) < 4.78 is 5.16. The molecule has 0 atom stereocenters. The van der Waals surface area contributed by atoms with Gasteiger partial charge in [0.1, 0.15) is 11.3 Å². The molecular weight excluding hydrogens is 264 g/mol. The van der Waals surface area contributed by atoms with Crippen LogP contribution >= 0.6 is 0 Å². The van der Waals surface area contributed by atoms with Crippen LogP contribution < -0.4 is 10.1 Å². The van der Waals surface area contributed by atoms with Crippen molar-refractivity contribution < 1.29 is 9.53 Å². The van der Waals surface area contributed by atoms with Crippen molar-refractivity contribution in [2.45, 2.75) is 50.5 Å². The first-order chi connectivity index (χ1) is 10.2. The first-order valence-corrected chi connectivity index (χ1v) is 7.53. The fraction of sp³-hybridized carbons (Fsp3) is 0.529. The van der Waals surface area contributed by atoms with E-state index < -0.39 is 5.54 Å². The van der Waals surface area contributed by atoms with Gasteiger partial charge < -0.3 is 10.1 Å². The Morgan fingerprint density at radius 3 is 2.67 bits per heavy atom. The number of methoxy groups -OCH3 is 1. The highest BCUT2D eigenvalue weighted by Crippen LogP contribution is 2.26. The molecule has 0 heterocycles. The Labute approximate surface area is 126 Å². The zero-order valence-corrected chi connectivity index (χ0v) is 12.5. The molecule has 1 fully saturated rings. The van der Waals surface area contributed by atoms with E-state index in [1.54, 1.807) is 7.11 Å². The molecule has 21 heavy (non-hydrogen) atoms. The van der Waals surface area contributed by atoms with Crippen LogP contribution in [-0.2, 0) is 11.2 Å². The second kappa shape index (κ2) is 7.12. The van der Waals surface area contributed by atoms with Crippen molar-refractivity contribution in [3.05, 3.63) is 29.8 Å². The van der Waals surface area contributed by atoms with Gasteiger partial charge in [0.15, 0.2) is 0 Å². The lowest BCUT2D eigenvalue weighted by molar-refractivity contribution is -0.121. The summed E-state index contributed by atoms with van der Waals surface area (Å²) in [5.41, 5.74) is 0.223. The van der Waals surface area contributed by atoms with E-state index >= 15 is 0 Å². The third-order valence-electron chi connectivity index (χ3n) is 4.05. The van der Waals surface area contributed by atoms with Crippen LogP contribution in [0.4, 0.5) is 0 Å². The number of carbonyl (C=O) groups excluding carboxylic acids is 1. The number of hydrogen-bond acceptors (Lipinski definition) is 3. The van der Waals surface area contributed by atoms with Crippen molar-refractivity contribution in [2.75, 3.05) is 7.11 Å². The molecule has 4 nitrogen and oxygen atoms in total. The normalized spacial score (nSPS) is 17.3. The minimum absolute atomic E-state index is 0.0910. The van der Waals surface area contributed by atoms with E-state index in [9.17, 15) is 10.1 Å². The molecule has 1 aliphatic carbocycles. The second-order valence-corrected chi connectivity index (χ2v) is 5.68. The van der Waals surface area contributed by atoms with Gasteiger partial charge in [-0.1, -0.05) is 37.8 Å². The van der Waals surface area contributed by atoms with E-state index in [4.69, 9.17) is 4.74 Å². The molecule has 0 unspecified atom stereocenters. The van der Waals surface area contributed by atoms with Crippen LogP contribution in [0, 0.1) is 11.3 Å². The summed E-state index contributed by atoms with van der Waals surface area (Å²) in [7, 11) is 1.61. The van der Waals surface area contributed by atoms with Crippen molar-refractivity contribution in [3.8, 4) is 11.8 Å². The van der Waals surface area contributed by atoms with Gasteiger partial charge in [-0.05, 0) is 30.5 Å². The van der Waals surface area contributed by atoms with Crippen LogP contribution in [0.25, 0.3) is 0 Å². The Bertz CT molecular complexity index is 526. The van der Waals surface area contributed by atoms with Gasteiger partial charge in [0, 0.05) is 0 Å². The number of nitrogens with zero attached hydrogens (tertiary/aromatic N) is 1. The lowest BCUT2D eigenvalue weighted by atomic mass is 9.91. The number of amides is 1. The molecule has 0 saturated heterocycles. The minimum atomic E-state index is -0.674. The smallest absolute Gasteiger partial charge is 0.225 e. The van der Waals surface area contributed by atoms with Crippen LogP contribution in [0.1, 0.15) is 44.1 Å². The third-order valence-corrected chi connectivity index (χ3v) is 4.05. The average molecular weight is 286 g/mol. The number of carbonyl (C=O) groups is 1. The molecule has 0 bridgehead atoms. The van der Waals surface area contributed by atoms with Gasteiger partial charge in [-0.25, -0.2) is 0 Å². The molecule has 0 spiro atoms. The van der Waals surface area contributed by atoms with Crippen molar-refractivity contribution in [3.63, 3.8) is 0 Å². The summed E-state index contributed by atoms with van der Waals surface area (Å²) in [5.74, 6) is 0.650. The highest BCUT2D eigenvalue weighted by molar-refractivity contribution is 5.80. The van der Waals surface area contributed by atoms with Gasteiger partial charge >= 0.3 is 0 Å². The van der Waals surface area contributed by atoms with Gasteiger partial charge in [-0.15, -0.1) is 0 Å². The Morgan fingerprint density at radius 1 is 1.33 bits per heavy atom. The topological polar surface area (TPSA) is 62.1 Å². The Kier molecular flexibility index (Phi) is 5.21. The molecule has 0 aromatic heterocycles. The van der Waals surface area contributed by atoms with Crippen molar-refractivity contribution >= 4 is 5.91 Å². The van der Waals surface area contributed by atoms with Crippen LogP contribution in [0.3, 0.4) is 0 Å². The third kappa shape index (κ3) is 4.22. The Balaban J connectivity index is 2.01. The Morgan fingerprint density at radius 2 is 2.05 bits per heavy atom. The van der Waals surface area contributed by atoms with Gasteiger partial charge in [-0.2, -0.15) is 5.26 Å². The molecule has 0 radical (unpaired) electrons. The van der Waals surface area contributed by atoms with Gasteiger partial charge in [0.25, 0.3) is 0 Å². The zero-order chi connectivity index (χ0) is 15.1. The second-order valence-electron chi connectivity index (χ2n) is 5.68. The number of benzene rings is 1. The van der Waals surface area contributed by atoms with Crippen LogP contribution in [0.5, 0.6) is 5.75 Å². The predicted molar refractivity (Wildman–Crippen MR) is 80.9 cm³/mol. The highest BCUT2D eigenvalue weighted by atomic mass is 16.5. The molecule has 112 valence electrons.